The lowest BCUT2D eigenvalue weighted by Gasteiger charge is -2.35. The summed E-state index contributed by atoms with van der Waals surface area (Å²) in [4.78, 5) is 12.1. The number of hydrogen-bond acceptors (Lipinski definition) is 4. The number of fused-ring (bicyclic) bond motifs is 1. The fourth-order valence-electron chi connectivity index (χ4n) is 3.38. The molecule has 0 bridgehead atoms. The van der Waals surface area contributed by atoms with Gasteiger partial charge >= 0.3 is 0 Å². The maximum Gasteiger partial charge on any atom is 0.244 e. The second-order valence-corrected chi connectivity index (χ2v) is 7.23. The molecule has 2 aromatic rings. The van der Waals surface area contributed by atoms with Crippen molar-refractivity contribution in [2.24, 2.45) is 11.8 Å². The van der Waals surface area contributed by atoms with Crippen LogP contribution in [0.5, 0.6) is 0 Å². The van der Waals surface area contributed by atoms with Gasteiger partial charge in [-0.2, -0.15) is 0 Å². The molecule has 25 heavy (non-hydrogen) atoms. The minimum atomic E-state index is -0.215. The zero-order valence-corrected chi connectivity index (χ0v) is 15.4. The van der Waals surface area contributed by atoms with Crippen LogP contribution in [0.1, 0.15) is 38.8 Å². The summed E-state index contributed by atoms with van der Waals surface area (Å²) >= 11 is 5.30. The molecule has 1 heterocycles. The quantitative estimate of drug-likeness (QED) is 0.577. The number of nitrogens with one attached hydrogen (secondary N) is 3. The number of hydrogen-bond donors (Lipinski definition) is 3. The van der Waals surface area contributed by atoms with Gasteiger partial charge < -0.3 is 9.84 Å². The van der Waals surface area contributed by atoms with Crippen molar-refractivity contribution in [2.45, 2.75) is 45.6 Å². The van der Waals surface area contributed by atoms with Crippen molar-refractivity contribution in [2.75, 3.05) is 0 Å². The lowest BCUT2D eigenvalue weighted by atomic mass is 9.78. The van der Waals surface area contributed by atoms with Crippen LogP contribution >= 0.6 is 12.2 Å². The molecule has 1 aromatic carbocycles. The standard InChI is InChI=1S/C18H24N4O2S/c1-11-6-5-8-14(12(11)2)19-18(25)21-20-17(23)10-15-13-7-3-4-9-16(13)24-22-15/h3-4,7,9,11-12,14H,5-6,8,10H2,1-2H3,(H,20,23)(H2,19,21,25)/t11-,12+,14+/m0/s1. The number of carbonyl (C=O) groups excluding carboxylic acids is 1. The van der Waals surface area contributed by atoms with Gasteiger partial charge in [-0.3, -0.25) is 15.6 Å². The number of rotatable bonds is 3. The van der Waals surface area contributed by atoms with Crippen LogP contribution in [0, 0.1) is 11.8 Å². The predicted molar refractivity (Wildman–Crippen MR) is 101 cm³/mol. The highest BCUT2D eigenvalue weighted by atomic mass is 32.1. The molecule has 3 N–H and O–H groups in total. The first-order chi connectivity index (χ1) is 12.0. The Hall–Kier alpha value is -2.15. The van der Waals surface area contributed by atoms with Gasteiger partial charge in [0.15, 0.2) is 10.7 Å². The lowest BCUT2D eigenvalue weighted by molar-refractivity contribution is -0.121. The van der Waals surface area contributed by atoms with Gasteiger partial charge in [0.2, 0.25) is 5.91 Å². The third-order valence-corrected chi connectivity index (χ3v) is 5.34. The van der Waals surface area contributed by atoms with Crippen LogP contribution in [-0.2, 0) is 11.2 Å². The number of thiocarbonyl (C=S) groups is 1. The summed E-state index contributed by atoms with van der Waals surface area (Å²) < 4.78 is 5.21. The highest BCUT2D eigenvalue weighted by molar-refractivity contribution is 7.80. The van der Waals surface area contributed by atoms with Gasteiger partial charge in [-0.1, -0.05) is 44.0 Å². The molecule has 1 aliphatic carbocycles. The van der Waals surface area contributed by atoms with E-state index in [4.69, 9.17) is 16.7 Å². The van der Waals surface area contributed by atoms with E-state index in [1.165, 1.54) is 12.8 Å². The highest BCUT2D eigenvalue weighted by Crippen LogP contribution is 2.29. The fraction of sp³-hybridized carbons (Fsp3) is 0.500. The van der Waals surface area contributed by atoms with Gasteiger partial charge in [0.25, 0.3) is 0 Å². The maximum atomic E-state index is 12.1. The van der Waals surface area contributed by atoms with E-state index in [9.17, 15) is 4.79 Å². The van der Waals surface area contributed by atoms with Gasteiger partial charge in [0.1, 0.15) is 5.69 Å². The summed E-state index contributed by atoms with van der Waals surface area (Å²) in [6.45, 7) is 4.53. The van der Waals surface area contributed by atoms with Gasteiger partial charge in [0, 0.05) is 11.4 Å². The zero-order valence-electron chi connectivity index (χ0n) is 14.5. The molecular weight excluding hydrogens is 336 g/mol. The molecule has 0 unspecified atom stereocenters. The molecule has 1 saturated carbocycles. The summed E-state index contributed by atoms with van der Waals surface area (Å²) in [5.41, 5.74) is 6.71. The van der Waals surface area contributed by atoms with Gasteiger partial charge in [-0.05, 0) is 42.6 Å². The molecule has 1 aliphatic rings. The van der Waals surface area contributed by atoms with Crippen molar-refractivity contribution < 1.29 is 9.32 Å². The number of para-hydroxylation sites is 1. The smallest absolute Gasteiger partial charge is 0.244 e. The molecule has 0 saturated heterocycles. The Bertz CT molecular complexity index is 760. The number of nitrogens with zero attached hydrogens (tertiary/aromatic N) is 1. The molecule has 1 fully saturated rings. The minimum Gasteiger partial charge on any atom is -0.358 e. The largest absolute Gasteiger partial charge is 0.358 e. The summed E-state index contributed by atoms with van der Waals surface area (Å²) in [6, 6.07) is 7.83. The lowest BCUT2D eigenvalue weighted by Crippen LogP contribution is -2.52. The molecule has 1 amide bonds. The third-order valence-electron chi connectivity index (χ3n) is 5.12. The van der Waals surface area contributed by atoms with E-state index in [-0.39, 0.29) is 12.3 Å². The predicted octanol–water partition coefficient (Wildman–Crippen LogP) is 2.69. The van der Waals surface area contributed by atoms with E-state index in [1.54, 1.807) is 0 Å². The SMILES string of the molecule is C[C@@H]1[C@@H](C)CCC[C@H]1NC(=S)NNC(=O)Cc1noc2ccccc12. The van der Waals surface area contributed by atoms with Crippen LogP contribution < -0.4 is 16.2 Å². The van der Waals surface area contributed by atoms with E-state index in [2.05, 4.69) is 35.2 Å². The number of aromatic nitrogens is 1. The molecule has 7 heteroatoms. The number of benzene rings is 1. The molecule has 0 aliphatic heterocycles. The van der Waals surface area contributed by atoms with Gasteiger partial charge in [0.05, 0.1) is 6.42 Å². The summed E-state index contributed by atoms with van der Waals surface area (Å²) in [5.74, 6) is 1.03. The van der Waals surface area contributed by atoms with Crippen molar-refractivity contribution in [1.29, 1.82) is 0 Å². The van der Waals surface area contributed by atoms with E-state index in [0.29, 0.717) is 34.3 Å². The molecule has 3 rings (SSSR count). The molecular formula is C18H24N4O2S. The van der Waals surface area contributed by atoms with E-state index in [0.717, 1.165) is 11.8 Å². The Morgan fingerprint density at radius 2 is 2.08 bits per heavy atom. The molecule has 3 atom stereocenters. The summed E-state index contributed by atoms with van der Waals surface area (Å²) in [5, 5.41) is 8.58. The zero-order chi connectivity index (χ0) is 17.8. The van der Waals surface area contributed by atoms with Crippen LogP contribution in [0.15, 0.2) is 28.8 Å². The van der Waals surface area contributed by atoms with Crippen molar-refractivity contribution in [3.63, 3.8) is 0 Å². The Morgan fingerprint density at radius 1 is 1.28 bits per heavy atom. The van der Waals surface area contributed by atoms with Crippen molar-refractivity contribution in [3.05, 3.63) is 30.0 Å². The topological polar surface area (TPSA) is 79.2 Å². The first-order valence-electron chi connectivity index (χ1n) is 8.73. The molecule has 0 spiro atoms. The van der Waals surface area contributed by atoms with Gasteiger partial charge in [-0.15, -0.1) is 0 Å². The van der Waals surface area contributed by atoms with Crippen LogP contribution in [0.3, 0.4) is 0 Å². The molecule has 1 aromatic heterocycles. The van der Waals surface area contributed by atoms with Crippen molar-refractivity contribution in [1.82, 2.24) is 21.3 Å². The van der Waals surface area contributed by atoms with Crippen LogP contribution in [0.4, 0.5) is 0 Å². The Kier molecular flexibility index (Phi) is 5.53. The molecule has 0 radical (unpaired) electrons. The second kappa shape index (κ2) is 7.82. The van der Waals surface area contributed by atoms with Crippen LogP contribution in [-0.4, -0.2) is 22.2 Å². The van der Waals surface area contributed by atoms with E-state index >= 15 is 0 Å². The normalized spacial score (nSPS) is 23.2. The Balaban J connectivity index is 1.48. The first kappa shape index (κ1) is 17.7. The average Bonchev–Trinajstić information content (AvgIpc) is 3.00. The summed E-state index contributed by atoms with van der Waals surface area (Å²) in [6.07, 6.45) is 3.70. The number of carbonyl (C=O) groups is 1. The minimum absolute atomic E-state index is 0.128. The average molecular weight is 360 g/mol. The third kappa shape index (κ3) is 4.28. The molecule has 6 nitrogen and oxygen atoms in total. The first-order valence-corrected chi connectivity index (χ1v) is 9.14. The van der Waals surface area contributed by atoms with E-state index < -0.39 is 0 Å². The van der Waals surface area contributed by atoms with E-state index in [1.807, 2.05) is 24.3 Å². The second-order valence-electron chi connectivity index (χ2n) is 6.82. The van der Waals surface area contributed by atoms with Crippen LogP contribution in [0.25, 0.3) is 11.0 Å². The van der Waals surface area contributed by atoms with Gasteiger partial charge in [-0.25, -0.2) is 0 Å². The van der Waals surface area contributed by atoms with Crippen LogP contribution in [0.2, 0.25) is 0 Å². The fourth-order valence-corrected chi connectivity index (χ4v) is 3.58. The highest BCUT2D eigenvalue weighted by Gasteiger charge is 2.27. The number of hydrazine groups is 1. The molecule has 134 valence electrons. The van der Waals surface area contributed by atoms with Crippen molar-refractivity contribution >= 4 is 34.2 Å². The maximum absolute atomic E-state index is 12.1. The monoisotopic (exact) mass is 360 g/mol. The summed E-state index contributed by atoms with van der Waals surface area (Å²) in [7, 11) is 0. The Morgan fingerprint density at radius 3 is 2.92 bits per heavy atom. The Labute approximate surface area is 152 Å². The number of amides is 1. The van der Waals surface area contributed by atoms with Crippen molar-refractivity contribution in [3.8, 4) is 0 Å².